The molecule has 1 N–H and O–H groups in total. The Kier molecular flexibility index (Phi) is 14.6. The Morgan fingerprint density at radius 3 is 1.92 bits per heavy atom. The van der Waals surface area contributed by atoms with Gasteiger partial charge in [-0.25, -0.2) is 0 Å². The number of rotatable bonds is 16. The maximum atomic E-state index is 11.7. The lowest BCUT2D eigenvalue weighted by atomic mass is 9.91. The predicted octanol–water partition coefficient (Wildman–Crippen LogP) is 4.14. The number of hydrogen-bond acceptors (Lipinski definition) is 4. The lowest BCUT2D eigenvalue weighted by Gasteiger charge is -2.16. The van der Waals surface area contributed by atoms with Gasteiger partial charge in [-0.1, -0.05) is 34.6 Å². The predicted molar refractivity (Wildman–Crippen MR) is 106 cm³/mol. The first kappa shape index (κ1) is 25.1. The summed E-state index contributed by atoms with van der Waals surface area (Å²) in [4.78, 5) is 23.1. The van der Waals surface area contributed by atoms with E-state index in [1.807, 2.05) is 20.8 Å². The molecule has 0 fully saturated rings. The SMILES string of the molecule is CC(C)CC(=O)NCCCCCOCCCCCOCC(=O)C(C)(C)C. The monoisotopic (exact) mass is 371 g/mol. The molecule has 154 valence electrons. The van der Waals surface area contributed by atoms with Crippen molar-refractivity contribution < 1.29 is 19.1 Å². The molecule has 0 saturated carbocycles. The number of Topliss-reactive ketones (excluding diaryl/α,β-unsaturated/α-hetero) is 1. The molecular weight excluding hydrogens is 330 g/mol. The zero-order valence-electron chi connectivity index (χ0n) is 17.7. The van der Waals surface area contributed by atoms with Crippen molar-refractivity contribution in [3.8, 4) is 0 Å². The molecule has 0 aliphatic rings. The van der Waals surface area contributed by atoms with Crippen LogP contribution in [0.1, 0.15) is 79.6 Å². The largest absolute Gasteiger partial charge is 0.381 e. The van der Waals surface area contributed by atoms with E-state index in [1.54, 1.807) is 0 Å². The maximum absolute atomic E-state index is 11.7. The molecule has 0 radical (unpaired) electrons. The molecule has 26 heavy (non-hydrogen) atoms. The standard InChI is InChI=1S/C21H41NO4/c1-18(2)16-20(24)22-12-8-6-9-13-25-14-10-7-11-15-26-17-19(23)21(3,4)5/h18H,6-17H2,1-5H3,(H,22,24). The van der Waals surface area contributed by atoms with Crippen LogP contribution in [0.25, 0.3) is 0 Å². The highest BCUT2D eigenvalue weighted by molar-refractivity contribution is 5.84. The Hall–Kier alpha value is -0.940. The Balaban J connectivity index is 3.23. The fraction of sp³-hybridized carbons (Fsp3) is 0.905. The van der Waals surface area contributed by atoms with E-state index in [2.05, 4.69) is 19.2 Å². The van der Waals surface area contributed by atoms with E-state index in [0.717, 1.165) is 58.3 Å². The topological polar surface area (TPSA) is 64.6 Å². The first-order valence-electron chi connectivity index (χ1n) is 10.2. The normalized spacial score (nSPS) is 11.8. The molecule has 0 rings (SSSR count). The van der Waals surface area contributed by atoms with Gasteiger partial charge in [0.05, 0.1) is 0 Å². The van der Waals surface area contributed by atoms with E-state index >= 15 is 0 Å². The van der Waals surface area contributed by atoms with Crippen LogP contribution in [-0.2, 0) is 19.1 Å². The lowest BCUT2D eigenvalue weighted by Crippen LogP contribution is -2.25. The van der Waals surface area contributed by atoms with Gasteiger partial charge in [-0.15, -0.1) is 0 Å². The van der Waals surface area contributed by atoms with Crippen molar-refractivity contribution in [2.24, 2.45) is 11.3 Å². The number of amides is 1. The molecule has 0 heterocycles. The Morgan fingerprint density at radius 2 is 1.38 bits per heavy atom. The van der Waals surface area contributed by atoms with Gasteiger partial charge in [-0.2, -0.15) is 0 Å². The van der Waals surface area contributed by atoms with Gasteiger partial charge in [-0.05, 0) is 44.4 Å². The number of carbonyl (C=O) groups is 2. The maximum Gasteiger partial charge on any atom is 0.220 e. The summed E-state index contributed by atoms with van der Waals surface area (Å²) in [6, 6.07) is 0. The summed E-state index contributed by atoms with van der Waals surface area (Å²) in [6.45, 7) is 13.1. The summed E-state index contributed by atoms with van der Waals surface area (Å²) in [5.74, 6) is 0.726. The first-order valence-corrected chi connectivity index (χ1v) is 10.2. The van der Waals surface area contributed by atoms with Crippen LogP contribution in [0.2, 0.25) is 0 Å². The number of unbranched alkanes of at least 4 members (excludes halogenated alkanes) is 4. The number of hydrogen-bond donors (Lipinski definition) is 1. The summed E-state index contributed by atoms with van der Waals surface area (Å²) >= 11 is 0. The molecule has 5 heteroatoms. The molecule has 1 amide bonds. The van der Waals surface area contributed by atoms with Crippen LogP contribution in [0, 0.1) is 11.3 Å². The number of nitrogens with one attached hydrogen (secondary N) is 1. The Labute approximate surface area is 160 Å². The summed E-state index contributed by atoms with van der Waals surface area (Å²) in [5.41, 5.74) is -0.312. The van der Waals surface area contributed by atoms with Crippen LogP contribution in [-0.4, -0.2) is 44.7 Å². The van der Waals surface area contributed by atoms with Crippen LogP contribution in [0.3, 0.4) is 0 Å². The summed E-state index contributed by atoms with van der Waals surface area (Å²) in [7, 11) is 0. The summed E-state index contributed by atoms with van der Waals surface area (Å²) in [5, 5.41) is 2.95. The van der Waals surface area contributed by atoms with Gasteiger partial charge in [0.2, 0.25) is 5.91 Å². The zero-order chi connectivity index (χ0) is 19.8. The zero-order valence-corrected chi connectivity index (χ0v) is 17.7. The summed E-state index contributed by atoms with van der Waals surface area (Å²) < 4.78 is 11.0. The molecule has 0 unspecified atom stereocenters. The molecule has 0 atom stereocenters. The average molecular weight is 372 g/mol. The van der Waals surface area contributed by atoms with Crippen molar-refractivity contribution in [1.82, 2.24) is 5.32 Å². The molecular formula is C21H41NO4. The highest BCUT2D eigenvalue weighted by Crippen LogP contribution is 2.14. The molecule has 0 aromatic heterocycles. The van der Waals surface area contributed by atoms with Gasteiger partial charge < -0.3 is 14.8 Å². The minimum absolute atomic E-state index is 0.153. The molecule has 0 spiro atoms. The van der Waals surface area contributed by atoms with Gasteiger partial charge >= 0.3 is 0 Å². The van der Waals surface area contributed by atoms with Crippen molar-refractivity contribution in [3.63, 3.8) is 0 Å². The minimum Gasteiger partial charge on any atom is -0.381 e. The first-order chi connectivity index (χ1) is 12.2. The third-order valence-corrected chi connectivity index (χ3v) is 4.03. The van der Waals surface area contributed by atoms with Crippen LogP contribution >= 0.6 is 0 Å². The molecule has 5 nitrogen and oxygen atoms in total. The van der Waals surface area contributed by atoms with Gasteiger partial charge in [0, 0.05) is 38.2 Å². The van der Waals surface area contributed by atoms with Gasteiger partial charge in [0.15, 0.2) is 5.78 Å². The molecule has 0 aromatic carbocycles. The molecule has 0 aliphatic heterocycles. The molecule has 0 bridgehead atoms. The third kappa shape index (κ3) is 16.5. The second kappa shape index (κ2) is 15.2. The van der Waals surface area contributed by atoms with Crippen molar-refractivity contribution >= 4 is 11.7 Å². The fourth-order valence-corrected chi connectivity index (χ4v) is 2.25. The highest BCUT2D eigenvalue weighted by atomic mass is 16.5. The second-order valence-corrected chi connectivity index (χ2v) is 8.41. The van der Waals surface area contributed by atoms with E-state index in [9.17, 15) is 9.59 Å². The fourth-order valence-electron chi connectivity index (χ4n) is 2.25. The van der Waals surface area contributed by atoms with Gasteiger partial charge in [0.25, 0.3) is 0 Å². The third-order valence-electron chi connectivity index (χ3n) is 4.03. The number of carbonyl (C=O) groups excluding carboxylic acids is 2. The minimum atomic E-state index is -0.312. The molecule has 0 aliphatic carbocycles. The van der Waals surface area contributed by atoms with Crippen molar-refractivity contribution in [2.75, 3.05) is 33.0 Å². The van der Waals surface area contributed by atoms with Crippen LogP contribution < -0.4 is 5.32 Å². The smallest absolute Gasteiger partial charge is 0.220 e. The highest BCUT2D eigenvalue weighted by Gasteiger charge is 2.20. The van der Waals surface area contributed by atoms with E-state index in [-0.39, 0.29) is 23.7 Å². The van der Waals surface area contributed by atoms with E-state index in [0.29, 0.717) is 18.9 Å². The van der Waals surface area contributed by atoms with E-state index in [4.69, 9.17) is 9.47 Å². The van der Waals surface area contributed by atoms with Crippen LogP contribution in [0.5, 0.6) is 0 Å². The van der Waals surface area contributed by atoms with Crippen LogP contribution in [0.15, 0.2) is 0 Å². The van der Waals surface area contributed by atoms with Crippen molar-refractivity contribution in [2.45, 2.75) is 79.6 Å². The summed E-state index contributed by atoms with van der Waals surface area (Å²) in [6.07, 6.45) is 6.80. The van der Waals surface area contributed by atoms with Crippen molar-refractivity contribution in [3.05, 3.63) is 0 Å². The number of ether oxygens (including phenoxy) is 2. The lowest BCUT2D eigenvalue weighted by molar-refractivity contribution is -0.131. The van der Waals surface area contributed by atoms with E-state index in [1.165, 1.54) is 0 Å². The van der Waals surface area contributed by atoms with E-state index < -0.39 is 0 Å². The van der Waals surface area contributed by atoms with Crippen molar-refractivity contribution in [1.29, 1.82) is 0 Å². The second-order valence-electron chi connectivity index (χ2n) is 8.41. The molecule has 0 aromatic rings. The van der Waals surface area contributed by atoms with Gasteiger partial charge in [0.1, 0.15) is 6.61 Å². The Bertz CT molecular complexity index is 375. The molecule has 0 saturated heterocycles. The number of ketones is 1. The average Bonchev–Trinajstić information content (AvgIpc) is 2.53. The quantitative estimate of drug-likeness (QED) is 0.414. The Morgan fingerprint density at radius 1 is 0.846 bits per heavy atom. The van der Waals surface area contributed by atoms with Gasteiger partial charge in [-0.3, -0.25) is 9.59 Å². The van der Waals surface area contributed by atoms with Crippen LogP contribution in [0.4, 0.5) is 0 Å².